The molecule has 1 heterocycles. The van der Waals surface area contributed by atoms with Crippen LogP contribution in [0.2, 0.25) is 0 Å². The quantitative estimate of drug-likeness (QED) is 0.708. The first-order valence-corrected chi connectivity index (χ1v) is 4.82. The first-order valence-electron chi connectivity index (χ1n) is 4.82. The van der Waals surface area contributed by atoms with Crippen LogP contribution in [0.25, 0.3) is 0 Å². The highest BCUT2D eigenvalue weighted by atomic mass is 19.1. The highest BCUT2D eigenvalue weighted by molar-refractivity contribution is 5.33. The predicted octanol–water partition coefficient (Wildman–Crippen LogP) is 1.32. The Labute approximate surface area is 82.8 Å². The third-order valence-corrected chi connectivity index (χ3v) is 2.82. The highest BCUT2D eigenvalue weighted by Gasteiger charge is 2.36. The van der Waals surface area contributed by atoms with E-state index in [1.165, 1.54) is 6.07 Å². The molecule has 1 atom stereocenters. The van der Waals surface area contributed by atoms with Crippen LogP contribution in [-0.2, 0) is 5.60 Å². The molecule has 76 valence electrons. The van der Waals surface area contributed by atoms with E-state index in [0.29, 0.717) is 18.5 Å². The third-order valence-electron chi connectivity index (χ3n) is 2.82. The fraction of sp³-hybridized carbons (Fsp3) is 0.455. The summed E-state index contributed by atoms with van der Waals surface area (Å²) in [5.41, 5.74) is 0.247. The van der Waals surface area contributed by atoms with Gasteiger partial charge in [0.1, 0.15) is 11.4 Å². The number of halogens is 1. The molecule has 2 nitrogen and oxygen atoms in total. The Morgan fingerprint density at radius 2 is 2.29 bits per heavy atom. The van der Waals surface area contributed by atoms with Crippen LogP contribution in [0.4, 0.5) is 4.39 Å². The van der Waals surface area contributed by atoms with Gasteiger partial charge < -0.3 is 10.4 Å². The molecule has 1 aromatic carbocycles. The van der Waals surface area contributed by atoms with Gasteiger partial charge in [-0.3, -0.25) is 0 Å². The van der Waals surface area contributed by atoms with Crippen molar-refractivity contribution in [1.29, 1.82) is 0 Å². The lowest BCUT2D eigenvalue weighted by atomic mass is 9.89. The topological polar surface area (TPSA) is 32.3 Å². The molecule has 0 aliphatic carbocycles. The van der Waals surface area contributed by atoms with Crippen molar-refractivity contribution >= 4 is 0 Å². The van der Waals surface area contributed by atoms with E-state index in [9.17, 15) is 9.50 Å². The fourth-order valence-electron chi connectivity index (χ4n) is 2.11. The van der Waals surface area contributed by atoms with Gasteiger partial charge in [-0.05, 0) is 31.5 Å². The van der Waals surface area contributed by atoms with Crippen LogP contribution < -0.4 is 5.32 Å². The van der Waals surface area contributed by atoms with Crippen molar-refractivity contribution in [3.63, 3.8) is 0 Å². The van der Waals surface area contributed by atoms with Crippen LogP contribution in [0.3, 0.4) is 0 Å². The predicted molar refractivity (Wildman–Crippen MR) is 52.5 cm³/mol. The summed E-state index contributed by atoms with van der Waals surface area (Å²) in [5, 5.41) is 13.3. The zero-order chi connectivity index (χ0) is 10.2. The van der Waals surface area contributed by atoms with Crippen LogP contribution in [0.5, 0.6) is 0 Å². The summed E-state index contributed by atoms with van der Waals surface area (Å²) in [6.07, 6.45) is 0.578. The Morgan fingerprint density at radius 3 is 2.86 bits per heavy atom. The monoisotopic (exact) mass is 195 g/mol. The lowest BCUT2D eigenvalue weighted by molar-refractivity contribution is 0.0542. The second kappa shape index (κ2) is 3.33. The van der Waals surface area contributed by atoms with Crippen molar-refractivity contribution in [3.05, 3.63) is 35.1 Å². The minimum absolute atomic E-state index is 0.309. The largest absolute Gasteiger partial charge is 0.384 e. The molecule has 0 aromatic heterocycles. The SMILES string of the molecule is Cc1cccc(F)c1C1(O)CCNC1. The maximum absolute atomic E-state index is 13.6. The van der Waals surface area contributed by atoms with Gasteiger partial charge in [-0.2, -0.15) is 0 Å². The van der Waals surface area contributed by atoms with E-state index in [2.05, 4.69) is 5.32 Å². The van der Waals surface area contributed by atoms with Gasteiger partial charge in [-0.15, -0.1) is 0 Å². The first-order chi connectivity index (χ1) is 6.63. The summed E-state index contributed by atoms with van der Waals surface area (Å²) in [4.78, 5) is 0. The number of aliphatic hydroxyl groups is 1. The Hall–Kier alpha value is -0.930. The van der Waals surface area contributed by atoms with Gasteiger partial charge in [0.15, 0.2) is 0 Å². The molecule has 0 radical (unpaired) electrons. The molecule has 1 saturated heterocycles. The molecule has 1 aromatic rings. The van der Waals surface area contributed by atoms with Crippen LogP contribution in [0.15, 0.2) is 18.2 Å². The molecule has 0 saturated carbocycles. The lowest BCUT2D eigenvalue weighted by Gasteiger charge is -2.24. The van der Waals surface area contributed by atoms with E-state index in [-0.39, 0.29) is 5.82 Å². The number of hydrogen-bond acceptors (Lipinski definition) is 2. The van der Waals surface area contributed by atoms with Crippen molar-refractivity contribution in [2.45, 2.75) is 18.9 Å². The van der Waals surface area contributed by atoms with Gasteiger partial charge in [-0.25, -0.2) is 4.39 Å². The van der Waals surface area contributed by atoms with Crippen molar-refractivity contribution in [1.82, 2.24) is 5.32 Å². The van der Waals surface area contributed by atoms with Crippen LogP contribution >= 0.6 is 0 Å². The maximum Gasteiger partial charge on any atom is 0.129 e. The standard InChI is InChI=1S/C11H14FNO/c1-8-3-2-4-9(12)10(8)11(14)5-6-13-7-11/h2-4,13-14H,5-7H2,1H3. The van der Waals surface area contributed by atoms with E-state index in [1.54, 1.807) is 6.07 Å². The molecule has 2 N–H and O–H groups in total. The summed E-state index contributed by atoms with van der Waals surface area (Å²) in [7, 11) is 0. The number of rotatable bonds is 1. The van der Waals surface area contributed by atoms with Crippen LogP contribution in [-0.4, -0.2) is 18.2 Å². The van der Waals surface area contributed by atoms with Crippen molar-refractivity contribution in [2.24, 2.45) is 0 Å². The molecule has 1 aliphatic heterocycles. The van der Waals surface area contributed by atoms with Gasteiger partial charge in [0.25, 0.3) is 0 Å². The minimum Gasteiger partial charge on any atom is -0.384 e. The molecular weight excluding hydrogens is 181 g/mol. The number of aryl methyl sites for hydroxylation is 1. The molecule has 3 heteroatoms. The summed E-state index contributed by atoms with van der Waals surface area (Å²) >= 11 is 0. The Morgan fingerprint density at radius 1 is 1.50 bits per heavy atom. The normalized spacial score (nSPS) is 26.8. The fourth-order valence-corrected chi connectivity index (χ4v) is 2.11. The zero-order valence-corrected chi connectivity index (χ0v) is 8.18. The molecular formula is C11H14FNO. The van der Waals surface area contributed by atoms with E-state index in [4.69, 9.17) is 0 Å². The Bertz CT molecular complexity index is 325. The van der Waals surface area contributed by atoms with Crippen LogP contribution in [0.1, 0.15) is 17.5 Å². The van der Waals surface area contributed by atoms with Gasteiger partial charge in [0.2, 0.25) is 0 Å². The molecule has 0 bridgehead atoms. The van der Waals surface area contributed by atoms with Crippen molar-refractivity contribution in [3.8, 4) is 0 Å². The highest BCUT2D eigenvalue weighted by Crippen LogP contribution is 2.31. The zero-order valence-electron chi connectivity index (χ0n) is 8.18. The van der Waals surface area contributed by atoms with E-state index in [1.807, 2.05) is 13.0 Å². The van der Waals surface area contributed by atoms with Gasteiger partial charge in [-0.1, -0.05) is 12.1 Å². The lowest BCUT2D eigenvalue weighted by Crippen LogP contribution is -2.30. The average molecular weight is 195 g/mol. The maximum atomic E-state index is 13.6. The minimum atomic E-state index is -1.02. The smallest absolute Gasteiger partial charge is 0.129 e. The van der Waals surface area contributed by atoms with Crippen LogP contribution in [0, 0.1) is 12.7 Å². The molecule has 1 fully saturated rings. The summed E-state index contributed by atoms with van der Waals surface area (Å²) < 4.78 is 13.6. The third kappa shape index (κ3) is 1.42. The summed E-state index contributed by atoms with van der Waals surface area (Å²) in [5.74, 6) is -0.309. The number of hydrogen-bond donors (Lipinski definition) is 2. The molecule has 2 rings (SSSR count). The summed E-state index contributed by atoms with van der Waals surface area (Å²) in [6.45, 7) is 3.01. The Balaban J connectivity index is 2.49. The summed E-state index contributed by atoms with van der Waals surface area (Å²) in [6, 6.07) is 4.90. The number of benzene rings is 1. The van der Waals surface area contributed by atoms with Crippen molar-refractivity contribution < 1.29 is 9.50 Å². The number of nitrogens with one attached hydrogen (secondary N) is 1. The average Bonchev–Trinajstić information content (AvgIpc) is 2.52. The van der Waals surface area contributed by atoms with Gasteiger partial charge in [0, 0.05) is 12.1 Å². The number of β-amino-alcohol motifs (C(OH)–C–C–N with tert-alkyl or cyclic N) is 1. The molecule has 1 aliphatic rings. The van der Waals surface area contributed by atoms with E-state index in [0.717, 1.165) is 12.1 Å². The molecule has 0 amide bonds. The molecule has 1 unspecified atom stereocenters. The van der Waals surface area contributed by atoms with Gasteiger partial charge >= 0.3 is 0 Å². The van der Waals surface area contributed by atoms with E-state index >= 15 is 0 Å². The molecule has 0 spiro atoms. The first kappa shape index (κ1) is 9.62. The Kier molecular flexibility index (Phi) is 2.29. The van der Waals surface area contributed by atoms with E-state index < -0.39 is 5.60 Å². The molecule has 14 heavy (non-hydrogen) atoms. The second-order valence-corrected chi connectivity index (χ2v) is 3.89. The second-order valence-electron chi connectivity index (χ2n) is 3.89. The van der Waals surface area contributed by atoms with Gasteiger partial charge in [0.05, 0.1) is 0 Å². The van der Waals surface area contributed by atoms with Crippen molar-refractivity contribution in [2.75, 3.05) is 13.1 Å².